The molecule has 88 valence electrons. The minimum atomic E-state index is 0.622. The quantitative estimate of drug-likeness (QED) is 0.900. The highest BCUT2D eigenvalue weighted by atomic mass is 32.2. The molecule has 0 amide bonds. The average molecular weight is 244 g/mol. The molecule has 1 atom stereocenters. The van der Waals surface area contributed by atoms with Crippen LogP contribution in [-0.2, 0) is 19.5 Å². The number of aromatic nitrogens is 1. The van der Waals surface area contributed by atoms with Crippen LogP contribution in [0.25, 0.3) is 0 Å². The number of benzene rings is 1. The average Bonchev–Trinajstić information content (AvgIpc) is 2.94. The Morgan fingerprint density at radius 1 is 1.24 bits per heavy atom. The van der Waals surface area contributed by atoms with Crippen molar-refractivity contribution in [3.05, 3.63) is 53.9 Å². The van der Waals surface area contributed by atoms with Crippen LogP contribution in [0.4, 0.5) is 0 Å². The third kappa shape index (κ3) is 2.13. The Kier molecular flexibility index (Phi) is 2.95. The molecule has 1 aromatic heterocycles. The number of fused-ring (bicyclic) bond motifs is 1. The van der Waals surface area contributed by atoms with Gasteiger partial charge in [0.1, 0.15) is 0 Å². The zero-order valence-corrected chi connectivity index (χ0v) is 10.5. The second-order valence-electron chi connectivity index (χ2n) is 4.41. The fourth-order valence-corrected chi connectivity index (χ4v) is 3.71. The highest BCUT2D eigenvalue weighted by Crippen LogP contribution is 2.37. The molecule has 0 bridgehead atoms. The molecule has 0 aliphatic carbocycles. The van der Waals surface area contributed by atoms with Crippen molar-refractivity contribution < 1.29 is 0 Å². The van der Waals surface area contributed by atoms with Crippen LogP contribution >= 0.6 is 11.8 Å². The fourth-order valence-electron chi connectivity index (χ4n) is 2.39. The molecule has 1 unspecified atom stereocenters. The van der Waals surface area contributed by atoms with Crippen LogP contribution in [0.2, 0.25) is 0 Å². The molecule has 3 rings (SSSR count). The molecule has 1 aromatic carbocycles. The van der Waals surface area contributed by atoms with E-state index < -0.39 is 0 Å². The molecule has 2 aromatic rings. The first-order chi connectivity index (χ1) is 8.36. The van der Waals surface area contributed by atoms with Crippen LogP contribution in [-0.4, -0.2) is 9.82 Å². The van der Waals surface area contributed by atoms with Crippen molar-refractivity contribution in [2.24, 2.45) is 5.73 Å². The van der Waals surface area contributed by atoms with Gasteiger partial charge in [0.05, 0.1) is 0 Å². The lowest BCUT2D eigenvalue weighted by Crippen LogP contribution is -2.15. The first-order valence-corrected chi connectivity index (χ1v) is 6.83. The van der Waals surface area contributed by atoms with Gasteiger partial charge in [-0.25, -0.2) is 0 Å². The third-order valence-electron chi connectivity index (χ3n) is 3.25. The summed E-state index contributed by atoms with van der Waals surface area (Å²) in [6.07, 6.45) is 3.30. The molecule has 1 aliphatic heterocycles. The predicted molar refractivity (Wildman–Crippen MR) is 72.1 cm³/mol. The third-order valence-corrected chi connectivity index (χ3v) is 4.55. The predicted octanol–water partition coefficient (Wildman–Crippen LogP) is 2.66. The molecule has 0 saturated heterocycles. The lowest BCUT2D eigenvalue weighted by atomic mass is 10.1. The van der Waals surface area contributed by atoms with E-state index >= 15 is 0 Å². The summed E-state index contributed by atoms with van der Waals surface area (Å²) < 4.78 is 2.28. The molecule has 2 N–H and O–H groups in total. The van der Waals surface area contributed by atoms with Crippen LogP contribution in [0.1, 0.15) is 11.3 Å². The van der Waals surface area contributed by atoms with Crippen molar-refractivity contribution in [1.82, 2.24) is 4.57 Å². The molecule has 2 heterocycles. The van der Waals surface area contributed by atoms with Crippen molar-refractivity contribution in [1.29, 1.82) is 0 Å². The maximum absolute atomic E-state index is 5.73. The molecule has 0 spiro atoms. The van der Waals surface area contributed by atoms with Crippen LogP contribution in [0.3, 0.4) is 0 Å². The maximum atomic E-state index is 5.73. The van der Waals surface area contributed by atoms with Crippen molar-refractivity contribution in [3.8, 4) is 0 Å². The van der Waals surface area contributed by atoms with Gasteiger partial charge in [0.15, 0.2) is 0 Å². The standard InChI is InChI=1S/C14H16N2S/c15-9-12-5-3-7-16(12)10-13-8-11-4-1-2-6-14(11)17-13/h1-7,13H,8-10,15H2. The molecule has 0 radical (unpaired) electrons. The van der Waals surface area contributed by atoms with Crippen LogP contribution in [0.15, 0.2) is 47.5 Å². The van der Waals surface area contributed by atoms with Gasteiger partial charge >= 0.3 is 0 Å². The first kappa shape index (κ1) is 10.9. The molecule has 0 saturated carbocycles. The second kappa shape index (κ2) is 4.59. The Morgan fingerprint density at radius 2 is 2.12 bits per heavy atom. The van der Waals surface area contributed by atoms with E-state index in [4.69, 9.17) is 5.73 Å². The van der Waals surface area contributed by atoms with Crippen molar-refractivity contribution in [2.45, 2.75) is 29.7 Å². The lowest BCUT2D eigenvalue weighted by molar-refractivity contribution is 0.638. The summed E-state index contributed by atoms with van der Waals surface area (Å²) in [5, 5.41) is 0.644. The molecule has 1 aliphatic rings. The number of nitrogens with zero attached hydrogens (tertiary/aromatic N) is 1. The van der Waals surface area contributed by atoms with E-state index in [9.17, 15) is 0 Å². The van der Waals surface area contributed by atoms with E-state index in [0.29, 0.717) is 11.8 Å². The molecule has 17 heavy (non-hydrogen) atoms. The van der Waals surface area contributed by atoms with Gasteiger partial charge in [0.25, 0.3) is 0 Å². The SMILES string of the molecule is NCc1cccn1CC1Cc2ccccc2S1. The zero-order chi connectivity index (χ0) is 11.7. The highest BCUT2D eigenvalue weighted by molar-refractivity contribution is 8.00. The number of thioether (sulfide) groups is 1. The summed E-state index contributed by atoms with van der Waals surface area (Å²) in [4.78, 5) is 1.44. The fraction of sp³-hybridized carbons (Fsp3) is 0.286. The Balaban J connectivity index is 1.74. The zero-order valence-electron chi connectivity index (χ0n) is 9.67. The van der Waals surface area contributed by atoms with E-state index in [2.05, 4.69) is 47.2 Å². The van der Waals surface area contributed by atoms with Crippen LogP contribution in [0.5, 0.6) is 0 Å². The first-order valence-electron chi connectivity index (χ1n) is 5.95. The Labute approximate surface area is 106 Å². The van der Waals surface area contributed by atoms with Gasteiger partial charge in [-0.1, -0.05) is 18.2 Å². The number of hydrogen-bond donors (Lipinski definition) is 1. The van der Waals surface area contributed by atoms with Gasteiger partial charge in [-0.2, -0.15) is 0 Å². The number of nitrogens with two attached hydrogens (primary N) is 1. The lowest BCUT2D eigenvalue weighted by Gasteiger charge is -2.12. The molecule has 0 fully saturated rings. The minimum absolute atomic E-state index is 0.622. The Bertz CT molecular complexity index is 493. The van der Waals surface area contributed by atoms with Gasteiger partial charge < -0.3 is 10.3 Å². The van der Waals surface area contributed by atoms with Gasteiger partial charge in [0.2, 0.25) is 0 Å². The van der Waals surface area contributed by atoms with E-state index in [-0.39, 0.29) is 0 Å². The van der Waals surface area contributed by atoms with Crippen LogP contribution in [0, 0.1) is 0 Å². The van der Waals surface area contributed by atoms with Gasteiger partial charge in [0, 0.05) is 35.1 Å². The maximum Gasteiger partial charge on any atom is 0.0348 e. The van der Waals surface area contributed by atoms with Gasteiger partial charge in [-0.3, -0.25) is 0 Å². The van der Waals surface area contributed by atoms with Crippen molar-refractivity contribution in [2.75, 3.05) is 0 Å². The summed E-state index contributed by atoms with van der Waals surface area (Å²) in [5.74, 6) is 0. The normalized spacial score (nSPS) is 18.3. The topological polar surface area (TPSA) is 30.9 Å². The molecular formula is C14H16N2S. The summed E-state index contributed by atoms with van der Waals surface area (Å²) in [7, 11) is 0. The molecule has 3 heteroatoms. The largest absolute Gasteiger partial charge is 0.349 e. The van der Waals surface area contributed by atoms with E-state index in [0.717, 1.165) is 6.54 Å². The van der Waals surface area contributed by atoms with Crippen LogP contribution < -0.4 is 5.73 Å². The van der Waals surface area contributed by atoms with E-state index in [1.807, 2.05) is 11.8 Å². The second-order valence-corrected chi connectivity index (χ2v) is 5.75. The number of rotatable bonds is 3. The summed E-state index contributed by atoms with van der Waals surface area (Å²) >= 11 is 1.99. The highest BCUT2D eigenvalue weighted by Gasteiger charge is 2.22. The summed E-state index contributed by atoms with van der Waals surface area (Å²) in [6, 6.07) is 12.9. The van der Waals surface area contributed by atoms with E-state index in [1.165, 1.54) is 22.6 Å². The smallest absolute Gasteiger partial charge is 0.0348 e. The summed E-state index contributed by atoms with van der Waals surface area (Å²) in [6.45, 7) is 1.68. The van der Waals surface area contributed by atoms with Crippen molar-refractivity contribution >= 4 is 11.8 Å². The molecular weight excluding hydrogens is 228 g/mol. The van der Waals surface area contributed by atoms with Gasteiger partial charge in [-0.05, 0) is 30.2 Å². The van der Waals surface area contributed by atoms with Crippen molar-refractivity contribution in [3.63, 3.8) is 0 Å². The Hall–Kier alpha value is -1.19. The number of hydrogen-bond acceptors (Lipinski definition) is 2. The van der Waals surface area contributed by atoms with Gasteiger partial charge in [-0.15, -0.1) is 11.8 Å². The Morgan fingerprint density at radius 3 is 2.94 bits per heavy atom. The van der Waals surface area contributed by atoms with E-state index in [1.54, 1.807) is 0 Å². The minimum Gasteiger partial charge on any atom is -0.349 e. The summed E-state index contributed by atoms with van der Waals surface area (Å²) in [5.41, 5.74) is 8.44. The molecule has 2 nitrogen and oxygen atoms in total. The monoisotopic (exact) mass is 244 g/mol.